The van der Waals surface area contributed by atoms with Crippen molar-refractivity contribution >= 4 is 0 Å². The van der Waals surface area contributed by atoms with Gasteiger partial charge in [0.05, 0.1) is 5.70 Å². The van der Waals surface area contributed by atoms with Gasteiger partial charge < -0.3 is 5.11 Å². The lowest BCUT2D eigenvalue weighted by molar-refractivity contribution is 0.107. The molecule has 1 aliphatic rings. The van der Waals surface area contributed by atoms with Gasteiger partial charge >= 0.3 is 0 Å². The van der Waals surface area contributed by atoms with Gasteiger partial charge in [-0.1, -0.05) is 13.3 Å². The van der Waals surface area contributed by atoms with E-state index in [-0.39, 0.29) is 0 Å². The molecule has 0 bridgehead atoms. The first kappa shape index (κ1) is 7.37. The molecule has 0 fully saturated rings. The van der Waals surface area contributed by atoms with Crippen LogP contribution in [0.2, 0.25) is 0 Å². The molecule has 1 aliphatic heterocycles. The van der Waals surface area contributed by atoms with Crippen LogP contribution in [0.4, 0.5) is 0 Å². The Morgan fingerprint density at radius 1 is 1.80 bits per heavy atom. The first-order valence-electron chi connectivity index (χ1n) is 3.30. The van der Waals surface area contributed by atoms with Crippen molar-refractivity contribution in [3.8, 4) is 0 Å². The molecule has 0 aliphatic carbocycles. The predicted octanol–water partition coefficient (Wildman–Crippen LogP) is 0.741. The van der Waals surface area contributed by atoms with E-state index in [1.54, 1.807) is 0 Å². The fraction of sp³-hybridized carbons (Fsp3) is 0.667. The van der Waals surface area contributed by atoms with Crippen LogP contribution < -0.4 is 5.73 Å². The summed E-state index contributed by atoms with van der Waals surface area (Å²) in [5, 5.41) is 16.2. The molecule has 0 aromatic heterocycles. The van der Waals surface area contributed by atoms with Crippen molar-refractivity contribution < 1.29 is 5.11 Å². The second kappa shape index (κ2) is 2.48. The van der Waals surface area contributed by atoms with Crippen LogP contribution in [0.25, 0.3) is 0 Å². The normalized spacial score (nSPS) is 30.9. The Morgan fingerprint density at radius 3 is 2.90 bits per heavy atom. The third-order valence-corrected chi connectivity index (χ3v) is 1.22. The Balaban J connectivity index is 2.59. The fourth-order valence-electron chi connectivity index (χ4n) is 0.826. The van der Waals surface area contributed by atoms with Gasteiger partial charge in [0.25, 0.3) is 5.85 Å². The lowest BCUT2D eigenvalue weighted by Crippen LogP contribution is -2.32. The summed E-state index contributed by atoms with van der Waals surface area (Å²) < 4.78 is 0. The molecular weight excluding hydrogens is 130 g/mol. The number of allylic oxidation sites excluding steroid dienone is 1. The Hall–Kier alpha value is -0.740. The molecule has 3 N–H and O–H groups in total. The molecule has 0 saturated heterocycles. The highest BCUT2D eigenvalue weighted by molar-refractivity contribution is 5.10. The number of nitrogens with zero attached hydrogens (tertiary/aromatic N) is 2. The summed E-state index contributed by atoms with van der Waals surface area (Å²) in [5.74, 6) is -1.54. The lowest BCUT2D eigenvalue weighted by atomic mass is 10.2. The van der Waals surface area contributed by atoms with Crippen molar-refractivity contribution in [3.63, 3.8) is 0 Å². The van der Waals surface area contributed by atoms with Crippen molar-refractivity contribution in [3.05, 3.63) is 11.8 Å². The largest absolute Gasteiger partial charge is 0.353 e. The van der Waals surface area contributed by atoms with Crippen LogP contribution in [0.1, 0.15) is 19.8 Å². The second-order valence-corrected chi connectivity index (χ2v) is 2.37. The van der Waals surface area contributed by atoms with Crippen molar-refractivity contribution in [2.45, 2.75) is 25.6 Å². The molecule has 10 heavy (non-hydrogen) atoms. The minimum absolute atomic E-state index is 0.771. The molecule has 0 aromatic rings. The average Bonchev–Trinajstić information content (AvgIpc) is 2.12. The minimum Gasteiger partial charge on any atom is -0.353 e. The maximum absolute atomic E-state index is 9.03. The van der Waals surface area contributed by atoms with Gasteiger partial charge in [0.2, 0.25) is 0 Å². The van der Waals surface area contributed by atoms with Crippen LogP contribution in [0.3, 0.4) is 0 Å². The van der Waals surface area contributed by atoms with Gasteiger partial charge in [-0.05, 0) is 6.42 Å². The van der Waals surface area contributed by atoms with E-state index in [1.807, 2.05) is 6.92 Å². The predicted molar refractivity (Wildman–Crippen MR) is 37.0 cm³/mol. The SMILES string of the molecule is CCCC1=CC(N)(O)N=N1. The van der Waals surface area contributed by atoms with Crippen LogP contribution in [0.5, 0.6) is 0 Å². The van der Waals surface area contributed by atoms with Crippen LogP contribution >= 0.6 is 0 Å². The van der Waals surface area contributed by atoms with E-state index in [9.17, 15) is 0 Å². The highest BCUT2D eigenvalue weighted by Crippen LogP contribution is 2.19. The third kappa shape index (κ3) is 1.62. The minimum atomic E-state index is -1.54. The van der Waals surface area contributed by atoms with E-state index in [0.29, 0.717) is 0 Å². The number of rotatable bonds is 2. The van der Waals surface area contributed by atoms with Gasteiger partial charge in [0.1, 0.15) is 0 Å². The standard InChI is InChI=1S/C6H11N3O/c1-2-3-5-4-6(7,10)9-8-5/h4,10H,2-3,7H2,1H3. The quantitative estimate of drug-likeness (QED) is 0.557. The number of aliphatic hydroxyl groups is 1. The first-order chi connectivity index (χ1) is 4.64. The van der Waals surface area contributed by atoms with Gasteiger partial charge in [0.15, 0.2) is 0 Å². The zero-order valence-corrected chi connectivity index (χ0v) is 5.91. The topological polar surface area (TPSA) is 71.0 Å². The molecule has 1 rings (SSSR count). The number of azo groups is 1. The summed E-state index contributed by atoms with van der Waals surface area (Å²) in [5.41, 5.74) is 5.99. The number of nitrogens with two attached hydrogens (primary N) is 1. The average molecular weight is 141 g/mol. The Morgan fingerprint density at radius 2 is 2.50 bits per heavy atom. The van der Waals surface area contributed by atoms with Crippen molar-refractivity contribution in [1.29, 1.82) is 0 Å². The molecule has 0 amide bonds. The molecule has 0 saturated carbocycles. The summed E-state index contributed by atoms with van der Waals surface area (Å²) in [6.07, 6.45) is 3.28. The molecule has 4 heteroatoms. The Kier molecular flexibility index (Phi) is 1.82. The lowest BCUT2D eigenvalue weighted by Gasteiger charge is -2.04. The number of hydrogen-bond donors (Lipinski definition) is 2. The van der Waals surface area contributed by atoms with E-state index in [4.69, 9.17) is 10.8 Å². The molecule has 1 unspecified atom stereocenters. The molecule has 1 atom stereocenters. The molecular formula is C6H11N3O. The van der Waals surface area contributed by atoms with Gasteiger partial charge in [-0.2, -0.15) is 5.11 Å². The summed E-state index contributed by atoms with van der Waals surface area (Å²) >= 11 is 0. The van der Waals surface area contributed by atoms with E-state index in [2.05, 4.69) is 10.2 Å². The van der Waals surface area contributed by atoms with E-state index >= 15 is 0 Å². The zero-order chi connectivity index (χ0) is 7.61. The third-order valence-electron chi connectivity index (χ3n) is 1.22. The second-order valence-electron chi connectivity index (χ2n) is 2.37. The number of hydrogen-bond acceptors (Lipinski definition) is 4. The van der Waals surface area contributed by atoms with Gasteiger partial charge in [0, 0.05) is 6.08 Å². The van der Waals surface area contributed by atoms with Crippen LogP contribution in [0, 0.1) is 0 Å². The molecule has 56 valence electrons. The zero-order valence-electron chi connectivity index (χ0n) is 5.91. The molecule has 4 nitrogen and oxygen atoms in total. The van der Waals surface area contributed by atoms with Gasteiger partial charge in [-0.15, -0.1) is 5.11 Å². The molecule has 0 radical (unpaired) electrons. The van der Waals surface area contributed by atoms with Crippen molar-refractivity contribution in [1.82, 2.24) is 0 Å². The van der Waals surface area contributed by atoms with Gasteiger partial charge in [-0.3, -0.25) is 5.73 Å². The summed E-state index contributed by atoms with van der Waals surface area (Å²) in [7, 11) is 0. The van der Waals surface area contributed by atoms with Crippen LogP contribution in [-0.2, 0) is 0 Å². The monoisotopic (exact) mass is 141 g/mol. The molecule has 1 heterocycles. The molecule has 0 aromatic carbocycles. The summed E-state index contributed by atoms with van der Waals surface area (Å²) in [6, 6.07) is 0. The maximum atomic E-state index is 9.03. The van der Waals surface area contributed by atoms with Crippen molar-refractivity contribution in [2.75, 3.05) is 0 Å². The van der Waals surface area contributed by atoms with Gasteiger partial charge in [-0.25, -0.2) is 0 Å². The van der Waals surface area contributed by atoms with Crippen LogP contribution in [-0.4, -0.2) is 11.0 Å². The summed E-state index contributed by atoms with van der Waals surface area (Å²) in [6.45, 7) is 2.03. The summed E-state index contributed by atoms with van der Waals surface area (Å²) in [4.78, 5) is 0. The maximum Gasteiger partial charge on any atom is 0.252 e. The fourth-order valence-corrected chi connectivity index (χ4v) is 0.826. The van der Waals surface area contributed by atoms with Crippen LogP contribution in [0.15, 0.2) is 22.0 Å². The first-order valence-corrected chi connectivity index (χ1v) is 3.30. The van der Waals surface area contributed by atoms with E-state index in [1.165, 1.54) is 6.08 Å². The Labute approximate surface area is 59.4 Å². The smallest absolute Gasteiger partial charge is 0.252 e. The van der Waals surface area contributed by atoms with E-state index in [0.717, 1.165) is 18.5 Å². The highest BCUT2D eigenvalue weighted by Gasteiger charge is 2.22. The highest BCUT2D eigenvalue weighted by atomic mass is 16.3. The van der Waals surface area contributed by atoms with Crippen molar-refractivity contribution in [2.24, 2.45) is 16.0 Å². The van der Waals surface area contributed by atoms with E-state index < -0.39 is 5.85 Å². The Bertz CT molecular complexity index is 183. The molecule has 0 spiro atoms.